The molecule has 3 aromatic heterocycles. The number of nitrogens with zero attached hydrogens (tertiary/aromatic N) is 4. The molecule has 0 fully saturated rings. The van der Waals surface area contributed by atoms with Crippen molar-refractivity contribution in [2.75, 3.05) is 0 Å². The molecule has 0 unspecified atom stereocenters. The monoisotopic (exact) mass is 716 g/mol. The van der Waals surface area contributed by atoms with Crippen molar-refractivity contribution in [2.45, 2.75) is 0 Å². The predicted octanol–water partition coefficient (Wildman–Crippen LogP) is 13.2. The highest BCUT2D eigenvalue weighted by Gasteiger charge is 2.20. The van der Waals surface area contributed by atoms with Gasteiger partial charge >= 0.3 is 0 Å². The third-order valence-corrected chi connectivity index (χ3v) is 10.7. The number of fused-ring (bicyclic) bond motifs is 6. The maximum Gasteiger partial charge on any atom is 0.164 e. The van der Waals surface area contributed by atoms with Crippen LogP contribution in [0.5, 0.6) is 0 Å². The van der Waals surface area contributed by atoms with E-state index in [1.807, 2.05) is 66.7 Å². The number of aromatic nitrogens is 4. The molecule has 5 nitrogen and oxygen atoms in total. The van der Waals surface area contributed by atoms with Crippen molar-refractivity contribution in [1.29, 1.82) is 0 Å². The van der Waals surface area contributed by atoms with Gasteiger partial charge in [-0.15, -0.1) is 0 Å². The number of hydrogen-bond donors (Lipinski definition) is 0. The zero-order chi connectivity index (χ0) is 37.0. The molecule has 0 aliphatic carbocycles. The molecule has 11 rings (SSSR count). The summed E-state index contributed by atoms with van der Waals surface area (Å²) < 4.78 is 9.09. The molecule has 0 radical (unpaired) electrons. The molecule has 0 amide bonds. The molecular weight excluding hydrogens is 685 g/mol. The Morgan fingerprint density at radius 3 is 1.55 bits per heavy atom. The fourth-order valence-corrected chi connectivity index (χ4v) is 8.16. The molecule has 0 N–H and O–H groups in total. The van der Waals surface area contributed by atoms with E-state index in [9.17, 15) is 0 Å². The largest absolute Gasteiger partial charge is 0.456 e. The van der Waals surface area contributed by atoms with Gasteiger partial charge in [0.05, 0.1) is 16.7 Å². The average molecular weight is 717 g/mol. The van der Waals surface area contributed by atoms with Gasteiger partial charge in [0.25, 0.3) is 0 Å². The van der Waals surface area contributed by atoms with Crippen molar-refractivity contribution in [3.63, 3.8) is 0 Å². The van der Waals surface area contributed by atoms with Gasteiger partial charge in [0, 0.05) is 43.8 Å². The van der Waals surface area contributed by atoms with Crippen LogP contribution in [0.4, 0.5) is 0 Å². The van der Waals surface area contributed by atoms with Crippen LogP contribution < -0.4 is 0 Å². The quantitative estimate of drug-likeness (QED) is 0.172. The Labute approximate surface area is 322 Å². The summed E-state index contributed by atoms with van der Waals surface area (Å²) in [6.45, 7) is 0. The van der Waals surface area contributed by atoms with E-state index in [1.54, 1.807) is 0 Å². The maximum atomic E-state index is 6.70. The van der Waals surface area contributed by atoms with Crippen molar-refractivity contribution >= 4 is 43.7 Å². The van der Waals surface area contributed by atoms with Crippen LogP contribution in [0.2, 0.25) is 0 Å². The summed E-state index contributed by atoms with van der Waals surface area (Å²) in [5, 5.41) is 4.63. The van der Waals surface area contributed by atoms with E-state index in [1.165, 1.54) is 21.8 Å². The molecule has 0 saturated heterocycles. The zero-order valence-corrected chi connectivity index (χ0v) is 30.2. The first-order chi connectivity index (χ1) is 27.8. The summed E-state index contributed by atoms with van der Waals surface area (Å²) in [6, 6.07) is 67.3. The van der Waals surface area contributed by atoms with Crippen molar-refractivity contribution in [1.82, 2.24) is 19.5 Å². The Kier molecular flexibility index (Phi) is 7.42. The van der Waals surface area contributed by atoms with Crippen molar-refractivity contribution < 1.29 is 4.42 Å². The summed E-state index contributed by atoms with van der Waals surface area (Å²) in [5.74, 6) is 1.87. The fourth-order valence-electron chi connectivity index (χ4n) is 8.16. The van der Waals surface area contributed by atoms with Gasteiger partial charge in [-0.25, -0.2) is 15.0 Å². The fraction of sp³-hybridized carbons (Fsp3) is 0. The van der Waals surface area contributed by atoms with Gasteiger partial charge < -0.3 is 8.98 Å². The number of rotatable bonds is 6. The molecule has 8 aromatic carbocycles. The molecule has 0 spiro atoms. The van der Waals surface area contributed by atoms with Crippen LogP contribution >= 0.6 is 0 Å². The lowest BCUT2D eigenvalue weighted by molar-refractivity contribution is 0.669. The first-order valence-corrected chi connectivity index (χ1v) is 18.8. The van der Waals surface area contributed by atoms with E-state index in [4.69, 9.17) is 19.4 Å². The highest BCUT2D eigenvalue weighted by Crippen LogP contribution is 2.43. The van der Waals surface area contributed by atoms with Crippen LogP contribution in [0, 0.1) is 0 Å². The summed E-state index contributed by atoms with van der Waals surface area (Å²) in [5.41, 5.74) is 12.2. The minimum absolute atomic E-state index is 0.613. The molecule has 0 aliphatic rings. The molecule has 0 atom stereocenters. The number of furan rings is 1. The SMILES string of the molecule is c1ccc(-c2nc(-c3ccccc3)nc(-c3ccccc3-c3ccc4c(c3)oc3cccc(-c5ccccc5-n5c6ccccc6c6ccccc65)c34)n2)cc1. The highest BCUT2D eigenvalue weighted by atomic mass is 16.3. The van der Waals surface area contributed by atoms with E-state index >= 15 is 0 Å². The van der Waals surface area contributed by atoms with Gasteiger partial charge in [-0.3, -0.25) is 0 Å². The summed E-state index contributed by atoms with van der Waals surface area (Å²) in [6.07, 6.45) is 0. The first-order valence-electron chi connectivity index (χ1n) is 18.8. The summed E-state index contributed by atoms with van der Waals surface area (Å²) in [7, 11) is 0. The van der Waals surface area contributed by atoms with Gasteiger partial charge in [0.2, 0.25) is 0 Å². The molecule has 5 heteroatoms. The minimum Gasteiger partial charge on any atom is -0.456 e. The third-order valence-electron chi connectivity index (χ3n) is 10.7. The van der Waals surface area contributed by atoms with Gasteiger partial charge in [0.1, 0.15) is 11.2 Å². The minimum atomic E-state index is 0.613. The van der Waals surface area contributed by atoms with E-state index in [0.717, 1.165) is 66.6 Å². The van der Waals surface area contributed by atoms with Crippen LogP contribution in [0.25, 0.3) is 106 Å². The molecule has 0 bridgehead atoms. The lowest BCUT2D eigenvalue weighted by Gasteiger charge is -2.15. The first kappa shape index (κ1) is 31.9. The number of benzene rings is 8. The zero-order valence-electron chi connectivity index (χ0n) is 30.2. The molecule has 56 heavy (non-hydrogen) atoms. The van der Waals surface area contributed by atoms with Gasteiger partial charge in [-0.2, -0.15) is 0 Å². The predicted molar refractivity (Wildman–Crippen MR) is 229 cm³/mol. The molecular formula is C51H32N4O. The van der Waals surface area contributed by atoms with Gasteiger partial charge in [0.15, 0.2) is 17.5 Å². The third kappa shape index (κ3) is 5.21. The van der Waals surface area contributed by atoms with E-state index in [0.29, 0.717) is 17.5 Å². The smallest absolute Gasteiger partial charge is 0.164 e. The van der Waals surface area contributed by atoms with Crippen LogP contribution in [0.15, 0.2) is 199 Å². The lowest BCUT2D eigenvalue weighted by Crippen LogP contribution is -2.01. The number of para-hydroxylation sites is 3. The maximum absolute atomic E-state index is 6.70. The van der Waals surface area contributed by atoms with Gasteiger partial charge in [-0.1, -0.05) is 158 Å². The van der Waals surface area contributed by atoms with Crippen LogP contribution in [-0.4, -0.2) is 19.5 Å². The van der Waals surface area contributed by atoms with Crippen molar-refractivity contribution in [3.05, 3.63) is 194 Å². The normalized spacial score (nSPS) is 11.6. The second-order valence-electron chi connectivity index (χ2n) is 14.0. The topological polar surface area (TPSA) is 56.7 Å². The molecule has 3 heterocycles. The van der Waals surface area contributed by atoms with Crippen molar-refractivity contribution in [3.8, 4) is 62.1 Å². The summed E-state index contributed by atoms with van der Waals surface area (Å²) >= 11 is 0. The second-order valence-corrected chi connectivity index (χ2v) is 14.0. The Morgan fingerprint density at radius 2 is 0.875 bits per heavy atom. The Hall–Kier alpha value is -7.63. The highest BCUT2D eigenvalue weighted by molar-refractivity contribution is 6.15. The van der Waals surface area contributed by atoms with Crippen molar-refractivity contribution in [2.24, 2.45) is 0 Å². The Balaban J connectivity index is 1.07. The average Bonchev–Trinajstić information content (AvgIpc) is 3.82. The molecule has 11 aromatic rings. The van der Waals surface area contributed by atoms with Crippen LogP contribution in [0.3, 0.4) is 0 Å². The van der Waals surface area contributed by atoms with Gasteiger partial charge in [-0.05, 0) is 53.1 Å². The van der Waals surface area contributed by atoms with E-state index < -0.39 is 0 Å². The lowest BCUT2D eigenvalue weighted by atomic mass is 9.95. The molecule has 0 aliphatic heterocycles. The standard InChI is InChI=1S/C51H32N4O/c1-3-16-33(17-4-1)49-52-50(34-18-5-2-6-19-34)54-51(53-49)41-24-8-7-20-36(41)35-30-31-42-47(32-35)56-46-29-15-25-40(48(42)46)39-23-11-14-28-45(39)55-43-26-12-9-21-37(43)38-22-10-13-27-44(38)55/h1-32H. The van der Waals surface area contributed by atoms with Crippen LogP contribution in [0.1, 0.15) is 0 Å². The Bertz CT molecular complexity index is 3140. The van der Waals surface area contributed by atoms with E-state index in [-0.39, 0.29) is 0 Å². The molecule has 262 valence electrons. The molecule has 0 saturated carbocycles. The Morgan fingerprint density at radius 1 is 0.339 bits per heavy atom. The van der Waals surface area contributed by atoms with E-state index in [2.05, 4.69) is 132 Å². The number of hydrogen-bond acceptors (Lipinski definition) is 4. The summed E-state index contributed by atoms with van der Waals surface area (Å²) in [4.78, 5) is 15.0. The second kappa shape index (κ2) is 13.0. The van der Waals surface area contributed by atoms with Crippen LogP contribution in [-0.2, 0) is 0 Å².